The molecule has 0 unspecified atom stereocenters. The Morgan fingerprint density at radius 1 is 1.33 bits per heavy atom. The van der Waals surface area contributed by atoms with E-state index in [1.54, 1.807) is 0 Å². The first-order valence-corrected chi connectivity index (χ1v) is 7.89. The number of ether oxygens (including phenoxy) is 2. The highest BCUT2D eigenvalue weighted by Crippen LogP contribution is 2.36. The minimum atomic E-state index is -0.744. The summed E-state index contributed by atoms with van der Waals surface area (Å²) in [7, 11) is 1.27. The number of nitrogens with one attached hydrogen (secondary N) is 1. The topological polar surface area (TPSA) is 123 Å². The molecule has 0 aliphatic heterocycles. The largest absolute Gasteiger partial charge is 0.500 e. The van der Waals surface area contributed by atoms with Crippen molar-refractivity contribution in [2.24, 2.45) is 5.10 Å². The minimum Gasteiger partial charge on any atom is -0.500 e. The second-order valence-electron chi connectivity index (χ2n) is 5.65. The summed E-state index contributed by atoms with van der Waals surface area (Å²) in [5.41, 5.74) is 3.84. The Hall–Kier alpha value is -3.62. The molecule has 0 radical (unpaired) electrons. The quantitative estimate of drug-likeness (QED) is 0.436. The van der Waals surface area contributed by atoms with Gasteiger partial charge in [0.05, 0.1) is 18.2 Å². The van der Waals surface area contributed by atoms with Gasteiger partial charge >= 0.3 is 5.69 Å². The number of carbonyl (C=O) groups is 1. The minimum absolute atomic E-state index is 0.0738. The third-order valence-corrected chi connectivity index (χ3v) is 3.65. The zero-order valence-electron chi connectivity index (χ0n) is 15.1. The molecule has 142 valence electrons. The molecule has 0 saturated carbocycles. The fourth-order valence-corrected chi connectivity index (χ4v) is 2.36. The molecule has 0 heterocycles. The Bertz CT molecular complexity index is 875. The number of carbonyl (C=O) groups excluding carboxylic acids is 1. The zero-order chi connectivity index (χ0) is 20.0. The summed E-state index contributed by atoms with van der Waals surface area (Å²) in [5.74, 6) is -0.509. The lowest BCUT2D eigenvalue weighted by atomic mass is 10.1. The molecule has 2 aromatic carbocycles. The maximum Gasteiger partial charge on any atom is 0.315 e. The monoisotopic (exact) mass is 373 g/mol. The molecule has 2 N–H and O–H groups in total. The molecular formula is C18H19N3O6. The van der Waals surface area contributed by atoms with Gasteiger partial charge in [-0.25, -0.2) is 5.43 Å². The van der Waals surface area contributed by atoms with Crippen LogP contribution in [0.1, 0.15) is 16.7 Å². The van der Waals surface area contributed by atoms with Crippen molar-refractivity contribution in [1.82, 2.24) is 5.43 Å². The molecule has 2 rings (SSSR count). The van der Waals surface area contributed by atoms with Crippen LogP contribution in [0.15, 0.2) is 35.4 Å². The number of methoxy groups -OCH3 is 1. The first kappa shape index (κ1) is 19.7. The lowest BCUT2D eigenvalue weighted by molar-refractivity contribution is -0.386. The molecule has 2 aromatic rings. The number of nitro benzene ring substituents is 1. The Kier molecular flexibility index (Phi) is 6.32. The van der Waals surface area contributed by atoms with Crippen LogP contribution in [0.2, 0.25) is 0 Å². The number of phenols is 1. The molecule has 0 bridgehead atoms. The Morgan fingerprint density at radius 3 is 2.59 bits per heavy atom. The fraction of sp³-hybridized carbons (Fsp3) is 0.222. The number of hydrogen-bond acceptors (Lipinski definition) is 7. The SMILES string of the molecule is COc1cc(/C=N\NC(=O)COc2c(C)cccc2C)cc([N+](=O)[O-])c1O. The number of para-hydroxylation sites is 1. The third-order valence-electron chi connectivity index (χ3n) is 3.65. The van der Waals surface area contributed by atoms with Crippen LogP contribution in [0.25, 0.3) is 0 Å². The van der Waals surface area contributed by atoms with E-state index in [4.69, 9.17) is 9.47 Å². The van der Waals surface area contributed by atoms with Crippen molar-refractivity contribution >= 4 is 17.8 Å². The van der Waals surface area contributed by atoms with E-state index in [0.29, 0.717) is 5.75 Å². The summed E-state index contributed by atoms with van der Waals surface area (Å²) in [4.78, 5) is 22.1. The highest BCUT2D eigenvalue weighted by Gasteiger charge is 2.19. The van der Waals surface area contributed by atoms with Crippen LogP contribution in [0.3, 0.4) is 0 Å². The van der Waals surface area contributed by atoms with Crippen molar-refractivity contribution in [3.63, 3.8) is 0 Å². The zero-order valence-corrected chi connectivity index (χ0v) is 15.1. The maximum absolute atomic E-state index is 11.9. The average Bonchev–Trinajstić information content (AvgIpc) is 2.62. The van der Waals surface area contributed by atoms with E-state index < -0.39 is 22.3 Å². The first-order chi connectivity index (χ1) is 12.8. The maximum atomic E-state index is 11.9. The number of nitrogens with zero attached hydrogens (tertiary/aromatic N) is 2. The number of nitro groups is 1. The number of phenolic OH excluding ortho intramolecular Hbond substituents is 1. The van der Waals surface area contributed by atoms with Crippen LogP contribution in [-0.4, -0.2) is 35.9 Å². The molecule has 27 heavy (non-hydrogen) atoms. The smallest absolute Gasteiger partial charge is 0.315 e. The van der Waals surface area contributed by atoms with Gasteiger partial charge in [-0.3, -0.25) is 14.9 Å². The Morgan fingerprint density at radius 2 is 2.00 bits per heavy atom. The molecule has 0 aliphatic rings. The number of hydrogen-bond donors (Lipinski definition) is 2. The fourth-order valence-electron chi connectivity index (χ4n) is 2.36. The lowest BCUT2D eigenvalue weighted by Crippen LogP contribution is -2.25. The van der Waals surface area contributed by atoms with E-state index in [-0.39, 0.29) is 17.9 Å². The Balaban J connectivity index is 2.01. The number of rotatable bonds is 7. The van der Waals surface area contributed by atoms with Crippen LogP contribution < -0.4 is 14.9 Å². The molecule has 0 spiro atoms. The summed E-state index contributed by atoms with van der Waals surface area (Å²) in [6.45, 7) is 3.52. The van der Waals surface area contributed by atoms with Gasteiger partial charge in [-0.2, -0.15) is 5.10 Å². The van der Waals surface area contributed by atoms with E-state index in [0.717, 1.165) is 17.2 Å². The third kappa shape index (κ3) is 4.94. The van der Waals surface area contributed by atoms with Gasteiger partial charge in [0, 0.05) is 11.6 Å². The van der Waals surface area contributed by atoms with Crippen molar-refractivity contribution in [2.45, 2.75) is 13.8 Å². The summed E-state index contributed by atoms with van der Waals surface area (Å²) >= 11 is 0. The van der Waals surface area contributed by atoms with E-state index in [1.807, 2.05) is 32.0 Å². The molecule has 0 atom stereocenters. The number of aryl methyl sites for hydroxylation is 2. The number of benzene rings is 2. The van der Waals surface area contributed by atoms with Gasteiger partial charge < -0.3 is 14.6 Å². The molecule has 0 saturated heterocycles. The van der Waals surface area contributed by atoms with E-state index in [2.05, 4.69) is 10.5 Å². The van der Waals surface area contributed by atoms with Crippen molar-refractivity contribution < 1.29 is 24.3 Å². The van der Waals surface area contributed by atoms with Gasteiger partial charge in [-0.05, 0) is 31.0 Å². The molecule has 9 nitrogen and oxygen atoms in total. The second kappa shape index (κ2) is 8.65. The molecule has 1 amide bonds. The molecule has 0 aromatic heterocycles. The summed E-state index contributed by atoms with van der Waals surface area (Å²) < 4.78 is 10.4. The predicted octanol–water partition coefficient (Wildman–Crippen LogP) is 2.45. The lowest BCUT2D eigenvalue weighted by Gasteiger charge is -2.10. The summed E-state index contributed by atoms with van der Waals surface area (Å²) in [6.07, 6.45) is 1.20. The van der Waals surface area contributed by atoms with Crippen LogP contribution >= 0.6 is 0 Å². The number of hydrazone groups is 1. The molecule has 0 aliphatic carbocycles. The van der Waals surface area contributed by atoms with Crippen molar-refractivity contribution in [1.29, 1.82) is 0 Å². The normalized spacial score (nSPS) is 10.6. The van der Waals surface area contributed by atoms with Gasteiger partial charge in [0.1, 0.15) is 5.75 Å². The van der Waals surface area contributed by atoms with Gasteiger partial charge in [-0.15, -0.1) is 0 Å². The van der Waals surface area contributed by atoms with Crippen LogP contribution in [-0.2, 0) is 4.79 Å². The van der Waals surface area contributed by atoms with E-state index in [1.165, 1.54) is 19.4 Å². The van der Waals surface area contributed by atoms with E-state index >= 15 is 0 Å². The highest BCUT2D eigenvalue weighted by molar-refractivity contribution is 5.85. The van der Waals surface area contributed by atoms with Crippen molar-refractivity contribution in [3.05, 3.63) is 57.1 Å². The molecule has 9 heteroatoms. The predicted molar refractivity (Wildman–Crippen MR) is 98.5 cm³/mol. The van der Waals surface area contributed by atoms with Crippen LogP contribution in [0.4, 0.5) is 5.69 Å². The van der Waals surface area contributed by atoms with Crippen LogP contribution in [0.5, 0.6) is 17.2 Å². The highest BCUT2D eigenvalue weighted by atomic mass is 16.6. The Labute approximate surface area is 155 Å². The summed E-state index contributed by atoms with van der Waals surface area (Å²) in [5, 5.41) is 24.4. The number of aromatic hydroxyl groups is 1. The molecular weight excluding hydrogens is 354 g/mol. The second-order valence-corrected chi connectivity index (χ2v) is 5.65. The van der Waals surface area contributed by atoms with E-state index in [9.17, 15) is 20.0 Å². The first-order valence-electron chi connectivity index (χ1n) is 7.89. The summed E-state index contributed by atoms with van der Waals surface area (Å²) in [6, 6.07) is 8.12. The van der Waals surface area contributed by atoms with Gasteiger partial charge in [-0.1, -0.05) is 18.2 Å². The van der Waals surface area contributed by atoms with Gasteiger partial charge in [0.15, 0.2) is 12.4 Å². The average molecular weight is 373 g/mol. The standard InChI is InChI=1S/C18H19N3O6/c1-11-5-4-6-12(2)18(11)27-10-16(22)20-19-9-13-7-14(21(24)25)17(23)15(8-13)26-3/h4-9,23H,10H2,1-3H3,(H,20,22)/b19-9-. The van der Waals surface area contributed by atoms with Crippen molar-refractivity contribution in [2.75, 3.05) is 13.7 Å². The van der Waals surface area contributed by atoms with Crippen molar-refractivity contribution in [3.8, 4) is 17.2 Å². The van der Waals surface area contributed by atoms with Gasteiger partial charge in [0.25, 0.3) is 5.91 Å². The van der Waals surface area contributed by atoms with Crippen LogP contribution in [0, 0.1) is 24.0 Å². The van der Waals surface area contributed by atoms with Gasteiger partial charge in [0.2, 0.25) is 5.75 Å². The molecule has 0 fully saturated rings. The number of amides is 1.